The predicted molar refractivity (Wildman–Crippen MR) is 32.4 cm³/mol. The van der Waals surface area contributed by atoms with Gasteiger partial charge in [-0.1, -0.05) is 0 Å². The van der Waals surface area contributed by atoms with Gasteiger partial charge in [-0.2, -0.15) is 0 Å². The Labute approximate surface area is 187 Å². The van der Waals surface area contributed by atoms with Crippen molar-refractivity contribution in [3.05, 3.63) is 0 Å². The van der Waals surface area contributed by atoms with Gasteiger partial charge in [-0.05, 0) is 19.3 Å². The van der Waals surface area contributed by atoms with Crippen molar-refractivity contribution >= 4 is 17.9 Å². The monoisotopic (exact) mass is 279 g/mol. The van der Waals surface area contributed by atoms with E-state index >= 15 is 0 Å². The Morgan fingerprint density at radius 2 is 1.24 bits per heavy atom. The van der Waals surface area contributed by atoms with Crippen molar-refractivity contribution < 1.29 is 148 Å². The molecule has 74 valence electrons. The molecule has 17 heavy (non-hydrogen) atoms. The van der Waals surface area contributed by atoms with Crippen molar-refractivity contribution in [2.75, 3.05) is 0 Å². The Morgan fingerprint density at radius 3 is 1.47 bits per heavy atom. The van der Waals surface area contributed by atoms with E-state index in [0.29, 0.717) is 0 Å². The Bertz CT molecular complexity index is 234. The summed E-state index contributed by atoms with van der Waals surface area (Å²) in [5.74, 6) is -5.90. The largest absolute Gasteiger partial charge is 1.00 e. The van der Waals surface area contributed by atoms with Gasteiger partial charge in [-0.25, -0.2) is 0 Å². The average Bonchev–Trinajstić information content (AvgIpc) is 1.96. The van der Waals surface area contributed by atoms with Crippen LogP contribution in [0.1, 0.15) is 19.3 Å². The molecule has 0 radical (unpaired) electrons. The molecule has 6 nitrogen and oxygen atoms in total. The molecule has 0 fully saturated rings. The molecule has 0 bridgehead atoms. The molecule has 0 N–H and O–H groups in total. The Hall–Kier alpha value is 2.41. The Morgan fingerprint density at radius 1 is 0.824 bits per heavy atom. The first-order chi connectivity index (χ1) is 5.93. The van der Waals surface area contributed by atoms with Crippen LogP contribution in [0, 0.1) is 5.92 Å². The van der Waals surface area contributed by atoms with Crippen LogP contribution >= 0.6 is 0 Å². The molecule has 0 aromatic carbocycles. The van der Waals surface area contributed by atoms with Crippen molar-refractivity contribution in [2.24, 2.45) is 5.92 Å². The molecule has 0 aliphatic heterocycles. The standard InChI is InChI=1S/C7H10O6.4Na/c8-5(9)2-1-4(7(12)13)3-6(10)11;;;;/h4H,1-3H2,(H,8,9)(H,10,11)(H,12,13);;;;/q;4*+1/p-3. The molecule has 10 heteroatoms. The molecule has 0 rings (SSSR count). The van der Waals surface area contributed by atoms with Crippen molar-refractivity contribution in [1.29, 1.82) is 0 Å². The van der Waals surface area contributed by atoms with E-state index in [2.05, 4.69) is 0 Å². The van der Waals surface area contributed by atoms with Gasteiger partial charge in [-0.3, -0.25) is 0 Å². The van der Waals surface area contributed by atoms with Crippen molar-refractivity contribution in [1.82, 2.24) is 0 Å². The van der Waals surface area contributed by atoms with Crippen LogP contribution in [0.4, 0.5) is 0 Å². The molecule has 0 heterocycles. The fraction of sp³-hybridized carbons (Fsp3) is 0.571. The third-order valence-electron chi connectivity index (χ3n) is 1.44. The van der Waals surface area contributed by atoms with E-state index in [0.717, 1.165) is 0 Å². The van der Waals surface area contributed by atoms with E-state index in [4.69, 9.17) is 0 Å². The van der Waals surface area contributed by atoms with E-state index in [-0.39, 0.29) is 125 Å². The third-order valence-corrected chi connectivity index (χ3v) is 1.44. The van der Waals surface area contributed by atoms with Crippen LogP contribution in [0.25, 0.3) is 0 Å². The zero-order valence-corrected chi connectivity index (χ0v) is 18.6. The maximum atomic E-state index is 10.2. The molecule has 0 amide bonds. The summed E-state index contributed by atoms with van der Waals surface area (Å²) >= 11 is 0. The quantitative estimate of drug-likeness (QED) is 0.445. The summed E-state index contributed by atoms with van der Waals surface area (Å²) in [6.45, 7) is 0. The normalized spacial score (nSPS) is 9.18. The molecule has 1 unspecified atom stereocenters. The molecular formula is C7H7Na4O6+. The summed E-state index contributed by atoms with van der Waals surface area (Å²) in [5.41, 5.74) is 0. The van der Waals surface area contributed by atoms with Gasteiger partial charge in [-0.15, -0.1) is 0 Å². The Kier molecular flexibility index (Phi) is 34.3. The van der Waals surface area contributed by atoms with Gasteiger partial charge in [0.2, 0.25) is 0 Å². The molecular weight excluding hydrogens is 272 g/mol. The molecule has 1 atom stereocenters. The number of aliphatic carboxylic acids is 3. The first kappa shape index (κ1) is 31.7. The van der Waals surface area contributed by atoms with E-state index < -0.39 is 36.7 Å². The van der Waals surface area contributed by atoms with Gasteiger partial charge in [0.25, 0.3) is 0 Å². The van der Waals surface area contributed by atoms with Crippen LogP contribution in [0.15, 0.2) is 0 Å². The molecule has 0 aromatic heterocycles. The van der Waals surface area contributed by atoms with Gasteiger partial charge in [0, 0.05) is 23.8 Å². The number of carbonyl (C=O) groups is 3. The average molecular weight is 279 g/mol. The first-order valence-corrected chi connectivity index (χ1v) is 3.54. The first-order valence-electron chi connectivity index (χ1n) is 3.54. The van der Waals surface area contributed by atoms with Crippen LogP contribution < -0.4 is 134 Å². The van der Waals surface area contributed by atoms with Gasteiger partial charge < -0.3 is 29.7 Å². The van der Waals surface area contributed by atoms with E-state index in [1.807, 2.05) is 0 Å². The van der Waals surface area contributed by atoms with Crippen LogP contribution in [0.2, 0.25) is 0 Å². The fourth-order valence-electron chi connectivity index (χ4n) is 0.797. The van der Waals surface area contributed by atoms with Crippen LogP contribution in [0.5, 0.6) is 0 Å². The maximum absolute atomic E-state index is 10.2. The third kappa shape index (κ3) is 20.9. The van der Waals surface area contributed by atoms with Crippen LogP contribution in [-0.4, -0.2) is 17.9 Å². The number of hydrogen-bond acceptors (Lipinski definition) is 6. The van der Waals surface area contributed by atoms with E-state index in [1.165, 1.54) is 0 Å². The smallest absolute Gasteiger partial charge is 0.550 e. The van der Waals surface area contributed by atoms with Crippen molar-refractivity contribution in [3.63, 3.8) is 0 Å². The number of rotatable bonds is 6. The van der Waals surface area contributed by atoms with Crippen molar-refractivity contribution in [2.45, 2.75) is 19.3 Å². The van der Waals surface area contributed by atoms with Gasteiger partial charge >= 0.3 is 118 Å². The minimum atomic E-state index is -1.59. The SMILES string of the molecule is O=C([O-])CCC(CC(=O)[O-])C(=O)[O-].[Na+].[Na+].[Na+].[Na+]. The summed E-state index contributed by atoms with van der Waals surface area (Å²) in [6, 6.07) is 0. The van der Waals surface area contributed by atoms with E-state index in [1.54, 1.807) is 0 Å². The molecule has 0 aliphatic rings. The van der Waals surface area contributed by atoms with Gasteiger partial charge in [0.05, 0.1) is 0 Å². The predicted octanol–water partition coefficient (Wildman–Crippen LogP) is -16.0. The Balaban J connectivity index is -0.000000120. The van der Waals surface area contributed by atoms with E-state index in [9.17, 15) is 29.7 Å². The van der Waals surface area contributed by atoms with Crippen molar-refractivity contribution in [3.8, 4) is 0 Å². The zero-order chi connectivity index (χ0) is 10.4. The summed E-state index contributed by atoms with van der Waals surface area (Å²) in [4.78, 5) is 30.2. The summed E-state index contributed by atoms with van der Waals surface area (Å²) < 4.78 is 0. The van der Waals surface area contributed by atoms with Gasteiger partial charge in [0.1, 0.15) is 0 Å². The zero-order valence-electron chi connectivity index (χ0n) is 10.6. The molecule has 0 saturated carbocycles. The van der Waals surface area contributed by atoms with Crippen LogP contribution in [-0.2, 0) is 14.4 Å². The molecule has 0 aromatic rings. The number of carboxylic acids is 3. The summed E-state index contributed by atoms with van der Waals surface area (Å²) in [7, 11) is 0. The number of carboxylic acid groups (broad SMARTS) is 3. The topological polar surface area (TPSA) is 120 Å². The summed E-state index contributed by atoms with van der Waals surface area (Å²) in [6.07, 6.45) is -1.57. The minimum Gasteiger partial charge on any atom is -0.550 e. The van der Waals surface area contributed by atoms with Gasteiger partial charge in [0.15, 0.2) is 0 Å². The minimum absolute atomic E-state index is 0. The second-order valence-corrected chi connectivity index (χ2v) is 2.50. The molecule has 0 aliphatic carbocycles. The molecule has 0 spiro atoms. The number of hydrogen-bond donors (Lipinski definition) is 0. The second kappa shape index (κ2) is 18.4. The maximum Gasteiger partial charge on any atom is 1.00 e. The fourth-order valence-corrected chi connectivity index (χ4v) is 0.797. The second-order valence-electron chi connectivity index (χ2n) is 2.50. The van der Waals surface area contributed by atoms with Crippen LogP contribution in [0.3, 0.4) is 0 Å². The number of carbonyl (C=O) groups excluding carboxylic acids is 3. The molecule has 0 saturated heterocycles. The summed E-state index contributed by atoms with van der Waals surface area (Å²) in [5, 5.41) is 30.2.